The van der Waals surface area contributed by atoms with E-state index in [4.69, 9.17) is 10.8 Å². The van der Waals surface area contributed by atoms with Gasteiger partial charge in [-0.3, -0.25) is 9.48 Å². The third-order valence-corrected chi connectivity index (χ3v) is 4.51. The molecule has 2 aromatic carbocycles. The molecule has 0 unspecified atom stereocenters. The Morgan fingerprint density at radius 2 is 1.82 bits per heavy atom. The first-order chi connectivity index (χ1) is 13.3. The molecule has 0 spiro atoms. The van der Waals surface area contributed by atoms with Crippen LogP contribution in [-0.2, 0) is 17.8 Å². The van der Waals surface area contributed by atoms with E-state index in [1.165, 1.54) is 12.1 Å². The predicted octanol–water partition coefficient (Wildman–Crippen LogP) is 4.60. The lowest BCUT2D eigenvalue weighted by Gasteiger charge is -2.12. The number of carbonyl (C=O) groups is 1. The SMILES string of the molecule is C=C(Cc1ccc(-c2ccc(F)cc2)cc1-c1ccn(CC(C)C)n1)C(N)=O. The van der Waals surface area contributed by atoms with E-state index in [-0.39, 0.29) is 5.82 Å². The van der Waals surface area contributed by atoms with Gasteiger partial charge >= 0.3 is 0 Å². The fraction of sp³-hybridized carbons (Fsp3) is 0.217. The number of hydrogen-bond donors (Lipinski definition) is 1. The number of halogens is 1. The van der Waals surface area contributed by atoms with Crippen LogP contribution in [0.4, 0.5) is 4.39 Å². The van der Waals surface area contributed by atoms with Gasteiger partial charge in [-0.25, -0.2) is 4.39 Å². The van der Waals surface area contributed by atoms with Gasteiger partial charge in [0.2, 0.25) is 5.91 Å². The van der Waals surface area contributed by atoms with E-state index in [0.29, 0.717) is 17.9 Å². The second-order valence-electron chi connectivity index (χ2n) is 7.34. The average Bonchev–Trinajstić information content (AvgIpc) is 3.10. The molecule has 5 heteroatoms. The molecule has 3 rings (SSSR count). The van der Waals surface area contributed by atoms with Crippen molar-refractivity contribution in [3.05, 3.63) is 78.3 Å². The van der Waals surface area contributed by atoms with Gasteiger partial charge in [0.05, 0.1) is 5.69 Å². The summed E-state index contributed by atoms with van der Waals surface area (Å²) in [5.74, 6) is -0.308. The summed E-state index contributed by atoms with van der Waals surface area (Å²) in [6, 6.07) is 14.2. The Morgan fingerprint density at radius 3 is 2.46 bits per heavy atom. The quantitative estimate of drug-likeness (QED) is 0.612. The molecule has 1 aromatic heterocycles. The fourth-order valence-electron chi connectivity index (χ4n) is 3.09. The summed E-state index contributed by atoms with van der Waals surface area (Å²) in [6.07, 6.45) is 2.30. The first-order valence-corrected chi connectivity index (χ1v) is 9.23. The van der Waals surface area contributed by atoms with Gasteiger partial charge in [0, 0.05) is 30.3 Å². The van der Waals surface area contributed by atoms with Crippen molar-refractivity contribution < 1.29 is 9.18 Å². The molecule has 0 radical (unpaired) electrons. The summed E-state index contributed by atoms with van der Waals surface area (Å²) < 4.78 is 15.2. The van der Waals surface area contributed by atoms with Gasteiger partial charge in [0.25, 0.3) is 0 Å². The van der Waals surface area contributed by atoms with Gasteiger partial charge in [-0.05, 0) is 46.9 Å². The lowest BCUT2D eigenvalue weighted by Crippen LogP contribution is -2.15. The number of aromatic nitrogens is 2. The van der Waals surface area contributed by atoms with E-state index in [1.807, 2.05) is 35.1 Å². The zero-order chi connectivity index (χ0) is 20.3. The summed E-state index contributed by atoms with van der Waals surface area (Å²) >= 11 is 0. The monoisotopic (exact) mass is 377 g/mol. The third-order valence-electron chi connectivity index (χ3n) is 4.51. The maximum absolute atomic E-state index is 13.3. The number of nitrogens with zero attached hydrogens (tertiary/aromatic N) is 2. The molecule has 28 heavy (non-hydrogen) atoms. The minimum atomic E-state index is -0.515. The molecule has 0 atom stereocenters. The Balaban J connectivity index is 2.05. The largest absolute Gasteiger partial charge is 0.366 e. The molecule has 2 N–H and O–H groups in total. The molecule has 0 saturated carbocycles. The standard InChI is InChI=1S/C23H24FN3O/c1-15(2)14-27-11-10-22(26-27)21-13-18(17-6-8-20(24)9-7-17)4-5-19(21)12-16(3)23(25)28/h4-11,13,15H,3,12,14H2,1-2H3,(H2,25,28). The van der Waals surface area contributed by atoms with Crippen molar-refractivity contribution in [2.24, 2.45) is 11.7 Å². The van der Waals surface area contributed by atoms with Gasteiger partial charge < -0.3 is 5.73 Å². The molecule has 0 aliphatic carbocycles. The summed E-state index contributed by atoms with van der Waals surface area (Å²) in [6.45, 7) is 8.87. The Morgan fingerprint density at radius 1 is 1.14 bits per heavy atom. The van der Waals surface area contributed by atoms with Crippen LogP contribution in [0.3, 0.4) is 0 Å². The van der Waals surface area contributed by atoms with Crippen LogP contribution in [0.2, 0.25) is 0 Å². The number of nitrogens with two attached hydrogens (primary N) is 1. The Kier molecular flexibility index (Phi) is 5.73. The van der Waals surface area contributed by atoms with E-state index in [9.17, 15) is 9.18 Å². The van der Waals surface area contributed by atoms with Crippen LogP contribution < -0.4 is 5.73 Å². The molecule has 144 valence electrons. The number of rotatable bonds is 7. The van der Waals surface area contributed by atoms with E-state index < -0.39 is 5.91 Å². The topological polar surface area (TPSA) is 60.9 Å². The van der Waals surface area contributed by atoms with Gasteiger partial charge in [0.1, 0.15) is 5.82 Å². The lowest BCUT2D eigenvalue weighted by molar-refractivity contribution is -0.114. The van der Waals surface area contributed by atoms with Gasteiger partial charge in [-0.15, -0.1) is 0 Å². The third kappa shape index (κ3) is 4.55. The Labute approximate surface area is 164 Å². The van der Waals surface area contributed by atoms with E-state index >= 15 is 0 Å². The van der Waals surface area contributed by atoms with Gasteiger partial charge in [0.15, 0.2) is 0 Å². The minimum Gasteiger partial charge on any atom is -0.366 e. The van der Waals surface area contributed by atoms with E-state index in [0.717, 1.165) is 34.5 Å². The van der Waals surface area contributed by atoms with Crippen molar-refractivity contribution >= 4 is 5.91 Å². The van der Waals surface area contributed by atoms with E-state index in [1.54, 1.807) is 12.1 Å². The zero-order valence-corrected chi connectivity index (χ0v) is 16.2. The molecule has 1 heterocycles. The first kappa shape index (κ1) is 19.5. The van der Waals surface area contributed by atoms with Crippen LogP contribution >= 0.6 is 0 Å². The van der Waals surface area contributed by atoms with Crippen molar-refractivity contribution in [3.8, 4) is 22.4 Å². The molecule has 0 fully saturated rings. The molecular formula is C23H24FN3O. The number of hydrogen-bond acceptors (Lipinski definition) is 2. The van der Waals surface area contributed by atoms with Crippen molar-refractivity contribution in [3.63, 3.8) is 0 Å². The van der Waals surface area contributed by atoms with Gasteiger partial charge in [-0.1, -0.05) is 44.7 Å². The lowest BCUT2D eigenvalue weighted by atomic mass is 9.94. The highest BCUT2D eigenvalue weighted by molar-refractivity contribution is 5.92. The summed E-state index contributed by atoms with van der Waals surface area (Å²) in [5.41, 5.74) is 10.2. The smallest absolute Gasteiger partial charge is 0.244 e. The zero-order valence-electron chi connectivity index (χ0n) is 16.2. The minimum absolute atomic E-state index is 0.272. The van der Waals surface area contributed by atoms with Crippen LogP contribution in [0.1, 0.15) is 19.4 Å². The van der Waals surface area contributed by atoms with Crippen molar-refractivity contribution in [1.29, 1.82) is 0 Å². The molecular weight excluding hydrogens is 353 g/mol. The molecule has 4 nitrogen and oxygen atoms in total. The highest BCUT2D eigenvalue weighted by Gasteiger charge is 2.14. The number of carbonyl (C=O) groups excluding carboxylic acids is 1. The average molecular weight is 377 g/mol. The number of benzene rings is 2. The second kappa shape index (κ2) is 8.21. The van der Waals surface area contributed by atoms with Crippen LogP contribution in [0.5, 0.6) is 0 Å². The Bertz CT molecular complexity index is 1000. The van der Waals surface area contributed by atoms with Crippen LogP contribution in [0, 0.1) is 11.7 Å². The van der Waals surface area contributed by atoms with Crippen LogP contribution in [0.15, 0.2) is 66.9 Å². The number of amides is 1. The van der Waals surface area contributed by atoms with Crippen LogP contribution in [-0.4, -0.2) is 15.7 Å². The van der Waals surface area contributed by atoms with Gasteiger partial charge in [-0.2, -0.15) is 5.10 Å². The molecule has 0 saturated heterocycles. The van der Waals surface area contributed by atoms with Crippen molar-refractivity contribution in [2.45, 2.75) is 26.8 Å². The predicted molar refractivity (Wildman–Crippen MR) is 110 cm³/mol. The molecule has 0 aliphatic heterocycles. The first-order valence-electron chi connectivity index (χ1n) is 9.23. The normalized spacial score (nSPS) is 11.0. The highest BCUT2D eigenvalue weighted by atomic mass is 19.1. The molecule has 3 aromatic rings. The van der Waals surface area contributed by atoms with Crippen LogP contribution in [0.25, 0.3) is 22.4 Å². The van der Waals surface area contributed by atoms with E-state index in [2.05, 4.69) is 20.4 Å². The molecule has 1 amide bonds. The Hall–Kier alpha value is -3.21. The summed E-state index contributed by atoms with van der Waals surface area (Å²) in [5, 5.41) is 4.69. The molecule has 0 bridgehead atoms. The fourth-order valence-corrected chi connectivity index (χ4v) is 3.09. The second-order valence-corrected chi connectivity index (χ2v) is 7.34. The maximum atomic E-state index is 13.3. The highest BCUT2D eigenvalue weighted by Crippen LogP contribution is 2.30. The van der Waals surface area contributed by atoms with Crippen molar-refractivity contribution in [2.75, 3.05) is 0 Å². The summed E-state index contributed by atoms with van der Waals surface area (Å²) in [7, 11) is 0. The maximum Gasteiger partial charge on any atom is 0.244 e. The molecule has 0 aliphatic rings. The van der Waals surface area contributed by atoms with Crippen molar-refractivity contribution in [1.82, 2.24) is 9.78 Å². The summed E-state index contributed by atoms with van der Waals surface area (Å²) in [4.78, 5) is 11.5. The number of primary amides is 1.